The number of aromatic nitrogens is 4. The second-order valence-corrected chi connectivity index (χ2v) is 3.85. The maximum absolute atomic E-state index is 11.8. The topological polar surface area (TPSA) is 83.8 Å². The SMILES string of the molecule is Cc1nc(-c2cnn(C)c2)[nH]c(=O)c1CCO. The number of aliphatic hydroxyl groups excluding tert-OH is 1. The molecule has 0 saturated heterocycles. The molecule has 2 heterocycles. The third-order valence-corrected chi connectivity index (χ3v) is 2.56. The lowest BCUT2D eigenvalue weighted by Crippen LogP contribution is -2.18. The summed E-state index contributed by atoms with van der Waals surface area (Å²) in [6.07, 6.45) is 3.74. The lowest BCUT2D eigenvalue weighted by atomic mass is 10.2. The van der Waals surface area contributed by atoms with Crippen molar-refractivity contribution in [2.45, 2.75) is 13.3 Å². The van der Waals surface area contributed by atoms with E-state index in [1.54, 1.807) is 31.0 Å². The summed E-state index contributed by atoms with van der Waals surface area (Å²) in [4.78, 5) is 18.8. The van der Waals surface area contributed by atoms with Crippen LogP contribution < -0.4 is 5.56 Å². The molecule has 2 aromatic rings. The Kier molecular flexibility index (Phi) is 3.06. The van der Waals surface area contributed by atoms with Crippen molar-refractivity contribution in [3.63, 3.8) is 0 Å². The first-order valence-corrected chi connectivity index (χ1v) is 5.31. The highest BCUT2D eigenvalue weighted by molar-refractivity contribution is 5.52. The van der Waals surface area contributed by atoms with Gasteiger partial charge in [0, 0.05) is 37.5 Å². The molecular weight excluding hydrogens is 220 g/mol. The van der Waals surface area contributed by atoms with Crippen LogP contribution in [-0.4, -0.2) is 31.5 Å². The number of H-pyrrole nitrogens is 1. The zero-order valence-corrected chi connectivity index (χ0v) is 9.77. The zero-order chi connectivity index (χ0) is 12.4. The van der Waals surface area contributed by atoms with Crippen LogP contribution in [0.4, 0.5) is 0 Å². The molecule has 0 aliphatic rings. The summed E-state index contributed by atoms with van der Waals surface area (Å²) in [5.41, 5.74) is 1.73. The molecule has 0 radical (unpaired) electrons. The van der Waals surface area contributed by atoms with Crippen molar-refractivity contribution >= 4 is 0 Å². The molecule has 2 aromatic heterocycles. The maximum Gasteiger partial charge on any atom is 0.254 e. The largest absolute Gasteiger partial charge is 0.396 e. The average molecular weight is 234 g/mol. The minimum absolute atomic E-state index is 0.0577. The quantitative estimate of drug-likeness (QED) is 0.783. The fourth-order valence-corrected chi connectivity index (χ4v) is 1.70. The number of rotatable bonds is 3. The Morgan fingerprint density at radius 2 is 2.29 bits per heavy atom. The van der Waals surface area contributed by atoms with Crippen LogP contribution in [0.1, 0.15) is 11.3 Å². The van der Waals surface area contributed by atoms with Gasteiger partial charge in [-0.3, -0.25) is 9.48 Å². The van der Waals surface area contributed by atoms with E-state index >= 15 is 0 Å². The van der Waals surface area contributed by atoms with Crippen molar-refractivity contribution in [2.75, 3.05) is 6.61 Å². The number of hydrogen-bond acceptors (Lipinski definition) is 4. The Labute approximate surface area is 98.0 Å². The number of nitrogens with zero attached hydrogens (tertiary/aromatic N) is 3. The number of aliphatic hydroxyl groups is 1. The number of hydrogen-bond donors (Lipinski definition) is 2. The van der Waals surface area contributed by atoms with Crippen LogP contribution in [0.25, 0.3) is 11.4 Å². The van der Waals surface area contributed by atoms with E-state index in [-0.39, 0.29) is 12.2 Å². The van der Waals surface area contributed by atoms with E-state index in [2.05, 4.69) is 15.1 Å². The molecule has 0 fully saturated rings. The first kappa shape index (κ1) is 11.5. The maximum atomic E-state index is 11.8. The highest BCUT2D eigenvalue weighted by Crippen LogP contribution is 2.12. The van der Waals surface area contributed by atoms with Crippen molar-refractivity contribution in [3.05, 3.63) is 34.0 Å². The Bertz CT molecular complexity index is 585. The van der Waals surface area contributed by atoms with Crippen LogP contribution >= 0.6 is 0 Å². The predicted molar refractivity (Wildman–Crippen MR) is 62.6 cm³/mol. The van der Waals surface area contributed by atoms with Crippen LogP contribution in [0.3, 0.4) is 0 Å². The van der Waals surface area contributed by atoms with E-state index in [9.17, 15) is 4.79 Å². The fraction of sp³-hybridized carbons (Fsp3) is 0.364. The first-order valence-electron chi connectivity index (χ1n) is 5.31. The fourth-order valence-electron chi connectivity index (χ4n) is 1.70. The number of aromatic amines is 1. The van der Waals surface area contributed by atoms with Crippen molar-refractivity contribution < 1.29 is 5.11 Å². The van der Waals surface area contributed by atoms with Gasteiger partial charge >= 0.3 is 0 Å². The van der Waals surface area contributed by atoms with Gasteiger partial charge in [0.25, 0.3) is 5.56 Å². The molecule has 0 saturated carbocycles. The molecule has 0 aromatic carbocycles. The molecule has 17 heavy (non-hydrogen) atoms. The predicted octanol–water partition coefficient (Wildman–Crippen LogP) is 0.0136. The minimum atomic E-state index is -0.203. The molecule has 6 heteroatoms. The lowest BCUT2D eigenvalue weighted by molar-refractivity contribution is 0.298. The van der Waals surface area contributed by atoms with Crippen LogP contribution in [0.5, 0.6) is 0 Å². The summed E-state index contributed by atoms with van der Waals surface area (Å²) in [5, 5.41) is 12.9. The van der Waals surface area contributed by atoms with Crippen LogP contribution in [0, 0.1) is 6.92 Å². The van der Waals surface area contributed by atoms with E-state index in [4.69, 9.17) is 5.11 Å². The molecule has 90 valence electrons. The van der Waals surface area contributed by atoms with Gasteiger partial charge in [-0.15, -0.1) is 0 Å². The monoisotopic (exact) mass is 234 g/mol. The van der Waals surface area contributed by atoms with E-state index in [0.717, 1.165) is 5.56 Å². The van der Waals surface area contributed by atoms with Gasteiger partial charge in [0.1, 0.15) is 5.82 Å². The summed E-state index contributed by atoms with van der Waals surface area (Å²) in [6, 6.07) is 0. The van der Waals surface area contributed by atoms with Gasteiger partial charge < -0.3 is 10.1 Å². The standard InChI is InChI=1S/C11H14N4O2/c1-7-9(3-4-16)11(17)14-10(13-7)8-5-12-15(2)6-8/h5-6,16H,3-4H2,1-2H3,(H,13,14,17). The smallest absolute Gasteiger partial charge is 0.254 e. The molecular formula is C11H14N4O2. The Morgan fingerprint density at radius 1 is 1.53 bits per heavy atom. The van der Waals surface area contributed by atoms with Gasteiger partial charge in [-0.25, -0.2) is 4.98 Å². The normalized spacial score (nSPS) is 10.8. The Balaban J connectivity index is 2.49. The van der Waals surface area contributed by atoms with Crippen molar-refractivity contribution in [1.82, 2.24) is 19.7 Å². The van der Waals surface area contributed by atoms with E-state index < -0.39 is 0 Å². The van der Waals surface area contributed by atoms with Gasteiger partial charge in [-0.1, -0.05) is 0 Å². The highest BCUT2D eigenvalue weighted by atomic mass is 16.3. The molecule has 2 rings (SSSR count). The van der Waals surface area contributed by atoms with E-state index in [0.29, 0.717) is 23.5 Å². The second kappa shape index (κ2) is 4.50. The molecule has 0 amide bonds. The molecule has 0 aliphatic heterocycles. The van der Waals surface area contributed by atoms with Crippen LogP contribution in [0.2, 0.25) is 0 Å². The summed E-state index contributed by atoms with van der Waals surface area (Å²) >= 11 is 0. The highest BCUT2D eigenvalue weighted by Gasteiger charge is 2.09. The van der Waals surface area contributed by atoms with Crippen molar-refractivity contribution in [1.29, 1.82) is 0 Å². The van der Waals surface area contributed by atoms with E-state index in [1.165, 1.54) is 0 Å². The molecule has 0 atom stereocenters. The zero-order valence-electron chi connectivity index (χ0n) is 9.77. The van der Waals surface area contributed by atoms with Crippen molar-refractivity contribution in [2.24, 2.45) is 7.05 Å². The third kappa shape index (κ3) is 2.26. The number of aryl methyl sites for hydroxylation is 2. The Morgan fingerprint density at radius 3 is 2.82 bits per heavy atom. The summed E-state index contributed by atoms with van der Waals surface area (Å²) in [7, 11) is 1.80. The summed E-state index contributed by atoms with van der Waals surface area (Å²) in [6.45, 7) is 1.71. The number of nitrogens with one attached hydrogen (secondary N) is 1. The molecule has 2 N–H and O–H groups in total. The molecule has 6 nitrogen and oxygen atoms in total. The summed E-state index contributed by atoms with van der Waals surface area (Å²) in [5.74, 6) is 0.502. The average Bonchev–Trinajstić information content (AvgIpc) is 2.70. The van der Waals surface area contributed by atoms with Gasteiger partial charge in [-0.2, -0.15) is 5.10 Å². The van der Waals surface area contributed by atoms with Gasteiger partial charge in [-0.05, 0) is 6.92 Å². The van der Waals surface area contributed by atoms with Gasteiger partial charge in [0.15, 0.2) is 0 Å². The molecule has 0 aliphatic carbocycles. The van der Waals surface area contributed by atoms with Gasteiger partial charge in [0.2, 0.25) is 0 Å². The van der Waals surface area contributed by atoms with Crippen LogP contribution in [0.15, 0.2) is 17.2 Å². The van der Waals surface area contributed by atoms with Crippen LogP contribution in [-0.2, 0) is 13.5 Å². The van der Waals surface area contributed by atoms with Gasteiger partial charge in [0.05, 0.1) is 11.8 Å². The molecule has 0 bridgehead atoms. The summed E-state index contributed by atoms with van der Waals surface area (Å²) < 4.78 is 1.65. The van der Waals surface area contributed by atoms with Crippen molar-refractivity contribution in [3.8, 4) is 11.4 Å². The lowest BCUT2D eigenvalue weighted by Gasteiger charge is -2.04. The molecule has 0 unspecified atom stereocenters. The van der Waals surface area contributed by atoms with E-state index in [1.807, 2.05) is 0 Å². The molecule has 0 spiro atoms. The minimum Gasteiger partial charge on any atom is -0.396 e. The third-order valence-electron chi connectivity index (χ3n) is 2.56. The second-order valence-electron chi connectivity index (χ2n) is 3.85. The first-order chi connectivity index (χ1) is 8.11. The Hall–Kier alpha value is -1.95.